The van der Waals surface area contributed by atoms with Gasteiger partial charge in [0.15, 0.2) is 16.3 Å². The van der Waals surface area contributed by atoms with Gasteiger partial charge in [-0.15, -0.1) is 0 Å². The minimum Gasteiger partial charge on any atom is -0.493 e. The number of aromatic amines is 1. The number of halogens is 2. The van der Waals surface area contributed by atoms with Crippen LogP contribution in [0.5, 0.6) is 11.5 Å². The Kier molecular flexibility index (Phi) is 7.96. The van der Waals surface area contributed by atoms with Gasteiger partial charge in [0.05, 0.1) is 24.7 Å². The number of carbonyl (C=O) groups excluding carboxylic acids is 1. The third-order valence-electron chi connectivity index (χ3n) is 5.77. The van der Waals surface area contributed by atoms with Crippen LogP contribution in [-0.4, -0.2) is 29.2 Å². The van der Waals surface area contributed by atoms with E-state index in [9.17, 15) is 4.79 Å². The van der Waals surface area contributed by atoms with Crippen LogP contribution in [0, 0.1) is 4.77 Å². The monoisotopic (exact) mass is 560 g/mol. The van der Waals surface area contributed by atoms with E-state index < -0.39 is 11.9 Å². The van der Waals surface area contributed by atoms with Gasteiger partial charge < -0.3 is 30.2 Å². The zero-order chi connectivity index (χ0) is 26.9. The first-order chi connectivity index (χ1) is 17.6. The number of fused-ring (bicyclic) bond motifs is 1. The SMILES string of the molecule is COc1cc(C2C(C(=O)OC(C)C)=C(C)Nc3nc(=S)[nH]c(N)c32)ccc1OCc1ccc(Cl)cc1Cl. The lowest BCUT2D eigenvalue weighted by molar-refractivity contribution is -0.142. The molecule has 0 spiro atoms. The summed E-state index contributed by atoms with van der Waals surface area (Å²) < 4.78 is 17.4. The number of aromatic nitrogens is 2. The molecule has 2 heterocycles. The van der Waals surface area contributed by atoms with Crippen molar-refractivity contribution in [1.82, 2.24) is 9.97 Å². The number of esters is 1. The Balaban J connectivity index is 1.77. The molecule has 0 fully saturated rings. The molecular formula is C26H26Cl2N4O4S. The maximum Gasteiger partial charge on any atom is 0.337 e. The van der Waals surface area contributed by atoms with E-state index >= 15 is 0 Å². The van der Waals surface area contributed by atoms with Crippen molar-refractivity contribution in [3.05, 3.63) is 79.2 Å². The van der Waals surface area contributed by atoms with Crippen molar-refractivity contribution in [3.8, 4) is 11.5 Å². The Labute approximate surface area is 229 Å². The van der Waals surface area contributed by atoms with Crippen molar-refractivity contribution >= 4 is 53.0 Å². The standard InChI is InChI=1S/C26H26Cl2N4O4S/c1-12(2)36-25(33)20-13(3)30-24-22(23(29)31-26(37)32-24)21(20)14-6-8-18(19(9-14)34-4)35-11-15-5-7-16(27)10-17(15)28/h5-10,12,21H,11H2,1-4H3,(H4,29,30,31,32,37). The number of nitrogens with zero attached hydrogens (tertiary/aromatic N) is 1. The second-order valence-electron chi connectivity index (χ2n) is 8.70. The molecular weight excluding hydrogens is 535 g/mol. The largest absolute Gasteiger partial charge is 0.493 e. The fraction of sp³-hybridized carbons (Fsp3) is 0.269. The summed E-state index contributed by atoms with van der Waals surface area (Å²) in [7, 11) is 1.54. The van der Waals surface area contributed by atoms with E-state index in [-0.39, 0.29) is 17.5 Å². The van der Waals surface area contributed by atoms with Gasteiger partial charge >= 0.3 is 5.97 Å². The number of H-pyrrole nitrogens is 1. The number of allylic oxidation sites excluding steroid dienone is 1. The molecule has 4 rings (SSSR count). The van der Waals surface area contributed by atoms with Crippen LogP contribution in [0.15, 0.2) is 47.7 Å². The maximum absolute atomic E-state index is 13.2. The van der Waals surface area contributed by atoms with Gasteiger partial charge in [-0.25, -0.2) is 9.78 Å². The Hall–Kier alpha value is -3.27. The summed E-state index contributed by atoms with van der Waals surface area (Å²) in [6.45, 7) is 5.58. The molecule has 1 unspecified atom stereocenters. The number of rotatable bonds is 7. The highest BCUT2D eigenvalue weighted by atomic mass is 35.5. The van der Waals surface area contributed by atoms with Gasteiger partial charge in [0, 0.05) is 26.9 Å². The van der Waals surface area contributed by atoms with Crippen LogP contribution in [0.2, 0.25) is 10.0 Å². The van der Waals surface area contributed by atoms with E-state index in [0.717, 1.165) is 11.1 Å². The summed E-state index contributed by atoms with van der Waals surface area (Å²) >= 11 is 17.5. The predicted octanol–water partition coefficient (Wildman–Crippen LogP) is 6.40. The summed E-state index contributed by atoms with van der Waals surface area (Å²) in [5, 5.41) is 4.20. The van der Waals surface area contributed by atoms with Crippen LogP contribution < -0.4 is 20.5 Å². The number of ether oxygens (including phenoxy) is 3. The van der Waals surface area contributed by atoms with Gasteiger partial charge in [-0.1, -0.05) is 35.3 Å². The van der Waals surface area contributed by atoms with Gasteiger partial charge in [0.2, 0.25) is 0 Å². The van der Waals surface area contributed by atoms with Gasteiger partial charge in [0.25, 0.3) is 0 Å². The van der Waals surface area contributed by atoms with Crippen LogP contribution in [-0.2, 0) is 16.1 Å². The number of nitrogens with one attached hydrogen (secondary N) is 2. The van der Waals surface area contributed by atoms with Crippen LogP contribution in [0.25, 0.3) is 0 Å². The quantitative estimate of drug-likeness (QED) is 0.225. The van der Waals surface area contributed by atoms with E-state index in [1.54, 1.807) is 58.2 Å². The van der Waals surface area contributed by atoms with Gasteiger partial charge in [-0.2, -0.15) is 0 Å². The van der Waals surface area contributed by atoms with Crippen LogP contribution in [0.1, 0.15) is 43.4 Å². The van der Waals surface area contributed by atoms with Crippen LogP contribution in [0.3, 0.4) is 0 Å². The van der Waals surface area contributed by atoms with E-state index in [4.69, 9.17) is 55.4 Å². The first-order valence-electron chi connectivity index (χ1n) is 11.4. The lowest BCUT2D eigenvalue weighted by Gasteiger charge is -2.30. The zero-order valence-corrected chi connectivity index (χ0v) is 23.0. The lowest BCUT2D eigenvalue weighted by Crippen LogP contribution is -2.27. The lowest BCUT2D eigenvalue weighted by atomic mass is 9.81. The van der Waals surface area contributed by atoms with Crippen LogP contribution in [0.4, 0.5) is 11.6 Å². The molecule has 4 N–H and O–H groups in total. The average Bonchev–Trinajstić information content (AvgIpc) is 2.81. The van der Waals surface area contributed by atoms with E-state index in [1.807, 2.05) is 6.07 Å². The van der Waals surface area contributed by atoms with Crippen molar-refractivity contribution in [3.63, 3.8) is 0 Å². The molecule has 1 atom stereocenters. The van der Waals surface area contributed by atoms with E-state index in [2.05, 4.69) is 15.3 Å². The summed E-state index contributed by atoms with van der Waals surface area (Å²) in [4.78, 5) is 20.5. The Morgan fingerprint density at radius 1 is 1.19 bits per heavy atom. The molecule has 0 aliphatic carbocycles. The topological polar surface area (TPSA) is 111 Å². The fourth-order valence-electron chi connectivity index (χ4n) is 4.15. The number of hydrogen-bond donors (Lipinski definition) is 3. The van der Waals surface area contributed by atoms with Crippen molar-refractivity contribution < 1.29 is 19.0 Å². The van der Waals surface area contributed by atoms with E-state index in [1.165, 1.54) is 0 Å². The highest BCUT2D eigenvalue weighted by Crippen LogP contribution is 2.45. The molecule has 0 bridgehead atoms. The van der Waals surface area contributed by atoms with Crippen molar-refractivity contribution in [2.45, 2.75) is 39.4 Å². The molecule has 11 heteroatoms. The normalized spacial score (nSPS) is 14.7. The minimum absolute atomic E-state index is 0.209. The minimum atomic E-state index is -0.601. The number of benzene rings is 2. The molecule has 0 saturated carbocycles. The average molecular weight is 561 g/mol. The van der Waals surface area contributed by atoms with Crippen molar-refractivity contribution in [2.75, 3.05) is 18.2 Å². The number of hydrogen-bond acceptors (Lipinski definition) is 8. The highest BCUT2D eigenvalue weighted by Gasteiger charge is 2.36. The number of anilines is 2. The molecule has 0 radical (unpaired) electrons. The molecule has 0 saturated heterocycles. The molecule has 194 valence electrons. The zero-order valence-electron chi connectivity index (χ0n) is 20.6. The van der Waals surface area contributed by atoms with Crippen molar-refractivity contribution in [1.29, 1.82) is 0 Å². The molecule has 8 nitrogen and oxygen atoms in total. The molecule has 1 aliphatic rings. The molecule has 3 aromatic rings. The fourth-order valence-corrected chi connectivity index (χ4v) is 4.82. The van der Waals surface area contributed by atoms with E-state index in [0.29, 0.717) is 50.0 Å². The molecule has 37 heavy (non-hydrogen) atoms. The van der Waals surface area contributed by atoms with Gasteiger partial charge in [0.1, 0.15) is 18.2 Å². The second kappa shape index (κ2) is 11.0. The Morgan fingerprint density at radius 3 is 2.62 bits per heavy atom. The highest BCUT2D eigenvalue weighted by molar-refractivity contribution is 7.71. The summed E-state index contributed by atoms with van der Waals surface area (Å²) in [6, 6.07) is 10.6. The first-order valence-corrected chi connectivity index (χ1v) is 12.6. The number of carbonyl (C=O) groups is 1. The van der Waals surface area contributed by atoms with Gasteiger partial charge in [-0.05, 0) is 62.8 Å². The summed E-state index contributed by atoms with van der Waals surface area (Å²) in [6.07, 6.45) is -0.308. The van der Waals surface area contributed by atoms with Crippen molar-refractivity contribution in [2.24, 2.45) is 0 Å². The molecule has 0 amide bonds. The molecule has 2 aromatic carbocycles. The third kappa shape index (κ3) is 5.69. The summed E-state index contributed by atoms with van der Waals surface area (Å²) in [5.41, 5.74) is 9.44. The third-order valence-corrected chi connectivity index (χ3v) is 6.55. The molecule has 1 aromatic heterocycles. The Morgan fingerprint density at radius 2 is 1.95 bits per heavy atom. The van der Waals surface area contributed by atoms with Gasteiger partial charge in [-0.3, -0.25) is 0 Å². The first kappa shape index (κ1) is 26.8. The Bertz CT molecular complexity index is 1450. The number of nitrogen functional groups attached to an aromatic ring is 1. The predicted molar refractivity (Wildman–Crippen MR) is 147 cm³/mol. The number of methoxy groups -OCH3 is 1. The number of nitrogens with two attached hydrogens (primary N) is 1. The smallest absolute Gasteiger partial charge is 0.337 e. The second-order valence-corrected chi connectivity index (χ2v) is 9.93. The summed E-state index contributed by atoms with van der Waals surface area (Å²) in [5.74, 6) is 0.669. The molecule has 1 aliphatic heterocycles. The maximum atomic E-state index is 13.2. The van der Waals surface area contributed by atoms with Crippen LogP contribution >= 0.6 is 35.4 Å².